The van der Waals surface area contributed by atoms with Gasteiger partial charge in [-0.1, -0.05) is 35.9 Å². The summed E-state index contributed by atoms with van der Waals surface area (Å²) in [5.41, 5.74) is 1.60. The van der Waals surface area contributed by atoms with E-state index < -0.39 is 7.12 Å². The lowest BCUT2D eigenvalue weighted by molar-refractivity contribution is 0.426. The van der Waals surface area contributed by atoms with Crippen molar-refractivity contribution in [2.24, 2.45) is 0 Å². The van der Waals surface area contributed by atoms with Gasteiger partial charge in [0, 0.05) is 10.6 Å². The fraction of sp³-hybridized carbons (Fsp3) is 0. The molecule has 0 heterocycles. The van der Waals surface area contributed by atoms with Crippen LogP contribution in [0.5, 0.6) is 0 Å². The summed E-state index contributed by atoms with van der Waals surface area (Å²) in [6, 6.07) is 10.7. The van der Waals surface area contributed by atoms with Crippen LogP contribution in [0.1, 0.15) is 0 Å². The summed E-state index contributed by atoms with van der Waals surface area (Å²) in [4.78, 5) is 0. The van der Waals surface area contributed by atoms with E-state index in [4.69, 9.17) is 21.6 Å². The standard InChI is InChI=1S/C12H9BClFO2/c14-12-7-9(13(16)17)4-5-11(12)8-2-1-3-10(15)6-8/h1-7,16-17H. The van der Waals surface area contributed by atoms with Gasteiger partial charge in [0.1, 0.15) is 5.82 Å². The summed E-state index contributed by atoms with van der Waals surface area (Å²) in [5, 5.41) is 18.3. The molecule has 0 bridgehead atoms. The van der Waals surface area contributed by atoms with Crippen LogP contribution in [0.2, 0.25) is 5.02 Å². The Hall–Kier alpha value is -1.36. The highest BCUT2D eigenvalue weighted by molar-refractivity contribution is 6.59. The summed E-state index contributed by atoms with van der Waals surface area (Å²) in [7, 11) is -1.56. The molecular weight excluding hydrogens is 241 g/mol. The van der Waals surface area contributed by atoms with Crippen molar-refractivity contribution in [1.82, 2.24) is 0 Å². The van der Waals surface area contributed by atoms with Gasteiger partial charge in [0.25, 0.3) is 0 Å². The van der Waals surface area contributed by atoms with E-state index >= 15 is 0 Å². The Kier molecular flexibility index (Phi) is 3.47. The van der Waals surface area contributed by atoms with Crippen LogP contribution < -0.4 is 5.46 Å². The number of rotatable bonds is 2. The van der Waals surface area contributed by atoms with Crippen molar-refractivity contribution >= 4 is 24.2 Å². The van der Waals surface area contributed by atoms with Gasteiger partial charge < -0.3 is 10.0 Å². The van der Waals surface area contributed by atoms with Crippen molar-refractivity contribution in [1.29, 1.82) is 0 Å². The lowest BCUT2D eigenvalue weighted by Crippen LogP contribution is -2.29. The molecule has 17 heavy (non-hydrogen) atoms. The van der Waals surface area contributed by atoms with Gasteiger partial charge in [-0.05, 0) is 29.2 Å². The number of benzene rings is 2. The molecule has 0 unspecified atom stereocenters. The van der Waals surface area contributed by atoms with Crippen molar-refractivity contribution in [2.75, 3.05) is 0 Å². The van der Waals surface area contributed by atoms with E-state index in [2.05, 4.69) is 0 Å². The minimum absolute atomic E-state index is 0.301. The van der Waals surface area contributed by atoms with E-state index in [0.29, 0.717) is 21.6 Å². The Morgan fingerprint density at radius 3 is 2.41 bits per heavy atom. The molecule has 0 radical (unpaired) electrons. The molecule has 0 saturated heterocycles. The molecule has 2 aromatic carbocycles. The zero-order chi connectivity index (χ0) is 12.4. The van der Waals surface area contributed by atoms with Gasteiger partial charge in [-0.3, -0.25) is 0 Å². The second kappa shape index (κ2) is 4.88. The number of hydrogen-bond acceptors (Lipinski definition) is 2. The predicted molar refractivity (Wildman–Crippen MR) is 66.7 cm³/mol. The topological polar surface area (TPSA) is 40.5 Å². The Balaban J connectivity index is 2.47. The van der Waals surface area contributed by atoms with Crippen LogP contribution >= 0.6 is 11.6 Å². The van der Waals surface area contributed by atoms with E-state index in [1.807, 2.05) is 0 Å². The maximum atomic E-state index is 13.1. The highest BCUT2D eigenvalue weighted by Gasteiger charge is 2.13. The first-order valence-corrected chi connectivity index (χ1v) is 5.37. The van der Waals surface area contributed by atoms with Crippen molar-refractivity contribution in [3.8, 4) is 11.1 Å². The van der Waals surface area contributed by atoms with E-state index in [1.54, 1.807) is 18.2 Å². The SMILES string of the molecule is OB(O)c1ccc(-c2cccc(F)c2)c(Cl)c1. The van der Waals surface area contributed by atoms with Crippen LogP contribution in [0, 0.1) is 5.82 Å². The number of halogens is 2. The maximum Gasteiger partial charge on any atom is 0.488 e. The number of hydrogen-bond donors (Lipinski definition) is 2. The van der Waals surface area contributed by atoms with Crippen molar-refractivity contribution < 1.29 is 14.4 Å². The van der Waals surface area contributed by atoms with Gasteiger partial charge in [0.15, 0.2) is 0 Å². The fourth-order valence-electron chi connectivity index (χ4n) is 1.58. The Labute approximate surface area is 103 Å². The van der Waals surface area contributed by atoms with E-state index in [1.165, 1.54) is 24.3 Å². The average Bonchev–Trinajstić information content (AvgIpc) is 2.28. The molecule has 0 aliphatic rings. The predicted octanol–water partition coefficient (Wildman–Crippen LogP) is 1.83. The van der Waals surface area contributed by atoms with Crippen LogP contribution in [0.25, 0.3) is 11.1 Å². The zero-order valence-electron chi connectivity index (χ0n) is 8.77. The summed E-state index contributed by atoms with van der Waals surface area (Å²) in [5.74, 6) is -0.343. The molecule has 0 saturated carbocycles. The summed E-state index contributed by atoms with van der Waals surface area (Å²) < 4.78 is 13.1. The normalized spacial score (nSPS) is 10.4. The maximum absolute atomic E-state index is 13.1. The van der Waals surface area contributed by atoms with Crippen LogP contribution in [-0.4, -0.2) is 17.2 Å². The van der Waals surface area contributed by atoms with Gasteiger partial charge in [0.05, 0.1) is 0 Å². The van der Waals surface area contributed by atoms with Gasteiger partial charge in [-0.25, -0.2) is 4.39 Å². The first-order chi connectivity index (χ1) is 8.08. The summed E-state index contributed by atoms with van der Waals surface area (Å²) in [6.45, 7) is 0. The van der Waals surface area contributed by atoms with Gasteiger partial charge in [0.2, 0.25) is 0 Å². The molecule has 0 spiro atoms. The van der Waals surface area contributed by atoms with E-state index in [0.717, 1.165) is 0 Å². The lowest BCUT2D eigenvalue weighted by Gasteiger charge is -2.07. The molecule has 2 rings (SSSR count). The fourth-order valence-corrected chi connectivity index (χ4v) is 1.88. The molecule has 0 atom stereocenters. The van der Waals surface area contributed by atoms with Crippen LogP contribution in [0.4, 0.5) is 4.39 Å². The molecule has 5 heteroatoms. The van der Waals surface area contributed by atoms with Crippen LogP contribution in [0.3, 0.4) is 0 Å². The smallest absolute Gasteiger partial charge is 0.423 e. The Bertz CT molecular complexity index is 546. The highest BCUT2D eigenvalue weighted by Crippen LogP contribution is 2.27. The Morgan fingerprint density at radius 2 is 1.82 bits per heavy atom. The van der Waals surface area contributed by atoms with E-state index in [9.17, 15) is 4.39 Å². The van der Waals surface area contributed by atoms with Crippen molar-refractivity contribution in [3.63, 3.8) is 0 Å². The third kappa shape index (κ3) is 2.66. The molecule has 0 fully saturated rings. The average molecular weight is 250 g/mol. The quantitative estimate of drug-likeness (QED) is 0.798. The third-order valence-corrected chi connectivity index (χ3v) is 2.74. The molecule has 0 aliphatic carbocycles. The largest absolute Gasteiger partial charge is 0.488 e. The molecule has 86 valence electrons. The lowest BCUT2D eigenvalue weighted by atomic mass is 9.80. The van der Waals surface area contributed by atoms with Crippen molar-refractivity contribution in [2.45, 2.75) is 0 Å². The molecule has 0 amide bonds. The first kappa shape index (κ1) is 12.1. The molecule has 2 nitrogen and oxygen atoms in total. The molecule has 0 aliphatic heterocycles. The van der Waals surface area contributed by atoms with E-state index in [-0.39, 0.29) is 5.82 Å². The van der Waals surface area contributed by atoms with Gasteiger partial charge >= 0.3 is 7.12 Å². The minimum Gasteiger partial charge on any atom is -0.423 e. The summed E-state index contributed by atoms with van der Waals surface area (Å²) >= 11 is 6.02. The molecular formula is C12H9BClFO2. The third-order valence-electron chi connectivity index (χ3n) is 2.43. The monoisotopic (exact) mass is 250 g/mol. The second-order valence-corrected chi connectivity index (χ2v) is 4.03. The summed E-state index contributed by atoms with van der Waals surface area (Å²) in [6.07, 6.45) is 0. The molecule has 2 N–H and O–H groups in total. The van der Waals surface area contributed by atoms with Crippen molar-refractivity contribution in [3.05, 3.63) is 53.3 Å². The molecule has 2 aromatic rings. The van der Waals surface area contributed by atoms with Gasteiger partial charge in [-0.2, -0.15) is 0 Å². The second-order valence-electron chi connectivity index (χ2n) is 3.62. The minimum atomic E-state index is -1.56. The Morgan fingerprint density at radius 1 is 1.06 bits per heavy atom. The molecule has 0 aromatic heterocycles. The van der Waals surface area contributed by atoms with Gasteiger partial charge in [-0.15, -0.1) is 0 Å². The van der Waals surface area contributed by atoms with Crippen LogP contribution in [0.15, 0.2) is 42.5 Å². The zero-order valence-corrected chi connectivity index (χ0v) is 9.53. The first-order valence-electron chi connectivity index (χ1n) is 4.99. The van der Waals surface area contributed by atoms with Crippen LogP contribution in [-0.2, 0) is 0 Å². The highest BCUT2D eigenvalue weighted by atomic mass is 35.5.